The molecule has 0 aliphatic carbocycles. The molecule has 0 fully saturated rings. The third-order valence-corrected chi connectivity index (χ3v) is 2.56. The molecule has 4 heteroatoms. The van der Waals surface area contributed by atoms with Gasteiger partial charge in [0, 0.05) is 31.9 Å². The van der Waals surface area contributed by atoms with Crippen LogP contribution < -0.4 is 10.1 Å². The predicted molar refractivity (Wildman–Crippen MR) is 67.0 cm³/mol. The molecule has 0 bridgehead atoms. The number of ether oxygens (including phenoxy) is 1. The standard InChI is InChI=1S/C13H17N3O/c1-17-12-4-2-3-11(9-12)10-14-6-5-13-15-7-8-16-13/h2-4,7-9,14H,5-6,10H2,1H3,(H,15,16). The molecule has 0 radical (unpaired) electrons. The Bertz CT molecular complexity index is 440. The second kappa shape index (κ2) is 6.06. The van der Waals surface area contributed by atoms with Gasteiger partial charge in [-0.05, 0) is 17.7 Å². The number of rotatable bonds is 6. The minimum absolute atomic E-state index is 0.845. The van der Waals surface area contributed by atoms with Gasteiger partial charge in [-0.1, -0.05) is 12.1 Å². The highest BCUT2D eigenvalue weighted by Crippen LogP contribution is 2.11. The minimum atomic E-state index is 0.845. The van der Waals surface area contributed by atoms with Crippen molar-refractivity contribution in [3.63, 3.8) is 0 Å². The van der Waals surface area contributed by atoms with E-state index in [-0.39, 0.29) is 0 Å². The topological polar surface area (TPSA) is 49.9 Å². The maximum absolute atomic E-state index is 5.18. The Labute approximate surface area is 101 Å². The van der Waals surface area contributed by atoms with E-state index in [1.807, 2.05) is 24.4 Å². The first-order valence-electron chi connectivity index (χ1n) is 5.70. The van der Waals surface area contributed by atoms with Crippen molar-refractivity contribution in [2.75, 3.05) is 13.7 Å². The van der Waals surface area contributed by atoms with Crippen LogP contribution in [0.15, 0.2) is 36.7 Å². The van der Waals surface area contributed by atoms with Crippen LogP contribution in [-0.2, 0) is 13.0 Å². The van der Waals surface area contributed by atoms with Crippen molar-refractivity contribution < 1.29 is 4.74 Å². The van der Waals surface area contributed by atoms with Gasteiger partial charge in [0.25, 0.3) is 0 Å². The van der Waals surface area contributed by atoms with Gasteiger partial charge in [0.2, 0.25) is 0 Å². The number of hydrogen-bond acceptors (Lipinski definition) is 3. The van der Waals surface area contributed by atoms with Crippen molar-refractivity contribution in [2.24, 2.45) is 0 Å². The van der Waals surface area contributed by atoms with E-state index in [0.717, 1.165) is 31.1 Å². The molecule has 0 aliphatic rings. The predicted octanol–water partition coefficient (Wildman–Crippen LogP) is 1.75. The fourth-order valence-electron chi connectivity index (χ4n) is 1.66. The van der Waals surface area contributed by atoms with E-state index in [1.54, 1.807) is 13.3 Å². The summed E-state index contributed by atoms with van der Waals surface area (Å²) in [6.07, 6.45) is 4.53. The number of imidazole rings is 1. The SMILES string of the molecule is COc1cccc(CNCCc2ncc[nH]2)c1. The fourth-order valence-corrected chi connectivity index (χ4v) is 1.66. The zero-order valence-corrected chi connectivity index (χ0v) is 9.94. The van der Waals surface area contributed by atoms with Crippen molar-refractivity contribution in [1.82, 2.24) is 15.3 Å². The number of H-pyrrole nitrogens is 1. The van der Waals surface area contributed by atoms with Crippen LogP contribution in [0.3, 0.4) is 0 Å². The van der Waals surface area contributed by atoms with Gasteiger partial charge >= 0.3 is 0 Å². The van der Waals surface area contributed by atoms with Gasteiger partial charge in [0.05, 0.1) is 7.11 Å². The summed E-state index contributed by atoms with van der Waals surface area (Å²) in [6.45, 7) is 1.75. The molecular formula is C13H17N3O. The quantitative estimate of drug-likeness (QED) is 0.745. The smallest absolute Gasteiger partial charge is 0.119 e. The van der Waals surface area contributed by atoms with Crippen LogP contribution in [0.25, 0.3) is 0 Å². The molecule has 1 aromatic carbocycles. The lowest BCUT2D eigenvalue weighted by Gasteiger charge is -2.05. The molecule has 17 heavy (non-hydrogen) atoms. The number of aromatic amines is 1. The maximum atomic E-state index is 5.18. The molecule has 0 amide bonds. The molecule has 1 aromatic heterocycles. The third kappa shape index (κ3) is 3.60. The van der Waals surface area contributed by atoms with Crippen molar-refractivity contribution in [2.45, 2.75) is 13.0 Å². The van der Waals surface area contributed by atoms with Gasteiger partial charge in [0.15, 0.2) is 0 Å². The van der Waals surface area contributed by atoms with E-state index in [2.05, 4.69) is 21.4 Å². The molecule has 0 unspecified atom stereocenters. The van der Waals surface area contributed by atoms with Crippen molar-refractivity contribution in [3.05, 3.63) is 48.0 Å². The summed E-state index contributed by atoms with van der Waals surface area (Å²) in [7, 11) is 1.68. The molecule has 2 aromatic rings. The molecule has 0 saturated heterocycles. The largest absolute Gasteiger partial charge is 0.497 e. The number of nitrogens with one attached hydrogen (secondary N) is 2. The first-order chi connectivity index (χ1) is 8.38. The first kappa shape index (κ1) is 11.7. The molecule has 0 saturated carbocycles. The Balaban J connectivity index is 1.74. The second-order valence-corrected chi connectivity index (χ2v) is 3.81. The third-order valence-electron chi connectivity index (χ3n) is 2.56. The number of hydrogen-bond donors (Lipinski definition) is 2. The van der Waals surface area contributed by atoms with Crippen molar-refractivity contribution in [3.8, 4) is 5.75 Å². The molecule has 2 rings (SSSR count). The zero-order chi connectivity index (χ0) is 11.9. The van der Waals surface area contributed by atoms with E-state index in [1.165, 1.54) is 5.56 Å². The summed E-state index contributed by atoms with van der Waals surface area (Å²) in [6, 6.07) is 8.08. The lowest BCUT2D eigenvalue weighted by atomic mass is 10.2. The van der Waals surface area contributed by atoms with Crippen LogP contribution in [0.2, 0.25) is 0 Å². The van der Waals surface area contributed by atoms with E-state index in [9.17, 15) is 0 Å². The summed E-state index contributed by atoms with van der Waals surface area (Å²) >= 11 is 0. The lowest BCUT2D eigenvalue weighted by molar-refractivity contribution is 0.414. The molecule has 1 heterocycles. The van der Waals surface area contributed by atoms with Gasteiger partial charge in [-0.2, -0.15) is 0 Å². The Morgan fingerprint density at radius 2 is 2.35 bits per heavy atom. The summed E-state index contributed by atoms with van der Waals surface area (Å²) in [5.41, 5.74) is 1.23. The van der Waals surface area contributed by atoms with Crippen LogP contribution in [0.1, 0.15) is 11.4 Å². The molecular weight excluding hydrogens is 214 g/mol. The monoisotopic (exact) mass is 231 g/mol. The highest BCUT2D eigenvalue weighted by molar-refractivity contribution is 5.28. The van der Waals surface area contributed by atoms with E-state index < -0.39 is 0 Å². The van der Waals surface area contributed by atoms with Gasteiger partial charge in [0.1, 0.15) is 11.6 Å². The molecule has 90 valence electrons. The fraction of sp³-hybridized carbons (Fsp3) is 0.308. The van der Waals surface area contributed by atoms with E-state index in [4.69, 9.17) is 4.74 Å². The Morgan fingerprint density at radius 1 is 1.41 bits per heavy atom. The molecule has 0 aliphatic heterocycles. The van der Waals surface area contributed by atoms with Gasteiger partial charge in [-0.25, -0.2) is 4.98 Å². The van der Waals surface area contributed by atoms with Gasteiger partial charge in [-0.3, -0.25) is 0 Å². The van der Waals surface area contributed by atoms with Crippen LogP contribution >= 0.6 is 0 Å². The number of methoxy groups -OCH3 is 1. The number of nitrogens with zero attached hydrogens (tertiary/aromatic N) is 1. The van der Waals surface area contributed by atoms with Gasteiger partial charge < -0.3 is 15.0 Å². The molecule has 2 N–H and O–H groups in total. The highest BCUT2D eigenvalue weighted by Gasteiger charge is 1.97. The summed E-state index contributed by atoms with van der Waals surface area (Å²) in [4.78, 5) is 7.26. The minimum Gasteiger partial charge on any atom is -0.497 e. The normalized spacial score (nSPS) is 10.4. The Hall–Kier alpha value is -1.81. The molecule has 0 spiro atoms. The van der Waals surface area contributed by atoms with E-state index in [0.29, 0.717) is 0 Å². The van der Waals surface area contributed by atoms with E-state index >= 15 is 0 Å². The summed E-state index contributed by atoms with van der Waals surface area (Å²) in [5.74, 6) is 1.92. The van der Waals surface area contributed by atoms with Crippen molar-refractivity contribution in [1.29, 1.82) is 0 Å². The molecule has 4 nitrogen and oxygen atoms in total. The maximum Gasteiger partial charge on any atom is 0.119 e. The second-order valence-electron chi connectivity index (χ2n) is 3.81. The summed E-state index contributed by atoms with van der Waals surface area (Å²) in [5, 5.41) is 3.38. The van der Waals surface area contributed by atoms with Crippen LogP contribution in [0.5, 0.6) is 5.75 Å². The average molecular weight is 231 g/mol. The molecule has 0 atom stereocenters. The summed E-state index contributed by atoms with van der Waals surface area (Å²) < 4.78 is 5.18. The van der Waals surface area contributed by atoms with Crippen LogP contribution in [0.4, 0.5) is 0 Å². The number of aromatic nitrogens is 2. The van der Waals surface area contributed by atoms with Crippen molar-refractivity contribution >= 4 is 0 Å². The highest BCUT2D eigenvalue weighted by atomic mass is 16.5. The average Bonchev–Trinajstić information content (AvgIpc) is 2.88. The zero-order valence-electron chi connectivity index (χ0n) is 9.94. The van der Waals surface area contributed by atoms with Gasteiger partial charge in [-0.15, -0.1) is 0 Å². The van der Waals surface area contributed by atoms with Crippen LogP contribution in [0, 0.1) is 0 Å². The Kier molecular flexibility index (Phi) is 4.16. The Morgan fingerprint density at radius 3 is 3.12 bits per heavy atom. The van der Waals surface area contributed by atoms with Crippen LogP contribution in [-0.4, -0.2) is 23.6 Å². The lowest BCUT2D eigenvalue weighted by Crippen LogP contribution is -2.17. The number of benzene rings is 1. The first-order valence-corrected chi connectivity index (χ1v) is 5.70.